The van der Waals surface area contributed by atoms with Gasteiger partial charge in [0.05, 0.1) is 17.1 Å². The van der Waals surface area contributed by atoms with Crippen LogP contribution in [0.3, 0.4) is 0 Å². The van der Waals surface area contributed by atoms with Crippen LogP contribution in [-0.4, -0.2) is 11.6 Å². The van der Waals surface area contributed by atoms with E-state index in [2.05, 4.69) is 4.98 Å². The highest BCUT2D eigenvalue weighted by atomic mass is 35.5. The second-order valence-electron chi connectivity index (χ2n) is 2.94. The van der Waals surface area contributed by atoms with Gasteiger partial charge in [-0.2, -0.15) is 0 Å². The smallest absolute Gasteiger partial charge is 0.121 e. The van der Waals surface area contributed by atoms with Crippen LogP contribution in [0.15, 0.2) is 30.5 Å². The van der Waals surface area contributed by atoms with Gasteiger partial charge in [0.15, 0.2) is 0 Å². The number of hydrogen-bond acceptors (Lipinski definition) is 2. The number of aromatic nitrogens is 1. The van der Waals surface area contributed by atoms with Crippen LogP contribution in [0.5, 0.6) is 5.75 Å². The number of halogens is 1. The molecule has 0 unspecified atom stereocenters. The zero-order chi connectivity index (χ0) is 9.97. The Labute approximate surface area is 87.5 Å². The molecule has 2 aromatic rings. The zero-order valence-electron chi connectivity index (χ0n) is 7.83. The predicted molar refractivity (Wildman–Crippen MR) is 57.9 cm³/mol. The molecule has 0 aliphatic carbocycles. The van der Waals surface area contributed by atoms with Crippen molar-refractivity contribution < 1.29 is 4.74 Å². The number of fused-ring (bicyclic) bond motifs is 1. The van der Waals surface area contributed by atoms with Gasteiger partial charge in [-0.1, -0.05) is 11.6 Å². The first-order valence-corrected chi connectivity index (χ1v) is 4.85. The van der Waals surface area contributed by atoms with Crippen molar-refractivity contribution in [3.05, 3.63) is 35.5 Å². The second kappa shape index (κ2) is 3.84. The molecule has 1 aromatic carbocycles. The van der Waals surface area contributed by atoms with Crippen molar-refractivity contribution >= 4 is 22.5 Å². The minimum absolute atomic E-state index is 0.654. The van der Waals surface area contributed by atoms with E-state index in [0.29, 0.717) is 11.6 Å². The summed E-state index contributed by atoms with van der Waals surface area (Å²) < 4.78 is 5.37. The van der Waals surface area contributed by atoms with Crippen LogP contribution in [0.2, 0.25) is 5.02 Å². The molecule has 3 heteroatoms. The maximum atomic E-state index is 5.83. The monoisotopic (exact) mass is 207 g/mol. The van der Waals surface area contributed by atoms with Crippen molar-refractivity contribution in [2.75, 3.05) is 6.61 Å². The SMILES string of the molecule is CCOc1ccc2cc(Cl)cnc2c1. The summed E-state index contributed by atoms with van der Waals surface area (Å²) in [4.78, 5) is 4.21. The quantitative estimate of drug-likeness (QED) is 0.754. The van der Waals surface area contributed by atoms with Crippen LogP contribution in [0.4, 0.5) is 0 Å². The van der Waals surface area contributed by atoms with E-state index in [0.717, 1.165) is 16.7 Å². The maximum absolute atomic E-state index is 5.83. The van der Waals surface area contributed by atoms with Crippen LogP contribution in [0.25, 0.3) is 10.9 Å². The van der Waals surface area contributed by atoms with Gasteiger partial charge in [-0.3, -0.25) is 4.98 Å². The third-order valence-corrected chi connectivity index (χ3v) is 2.14. The molecule has 0 atom stereocenters. The summed E-state index contributed by atoms with van der Waals surface area (Å²) in [5.41, 5.74) is 0.903. The molecule has 2 rings (SSSR count). The first kappa shape index (κ1) is 9.28. The first-order valence-electron chi connectivity index (χ1n) is 4.47. The largest absolute Gasteiger partial charge is 0.494 e. The average molecular weight is 208 g/mol. The van der Waals surface area contributed by atoms with Crippen molar-refractivity contribution in [2.45, 2.75) is 6.92 Å². The van der Waals surface area contributed by atoms with Crippen molar-refractivity contribution in [2.24, 2.45) is 0 Å². The van der Waals surface area contributed by atoms with Crippen LogP contribution < -0.4 is 4.74 Å². The Bertz CT molecular complexity index is 456. The zero-order valence-corrected chi connectivity index (χ0v) is 8.58. The Morgan fingerprint density at radius 2 is 2.21 bits per heavy atom. The van der Waals surface area contributed by atoms with Crippen molar-refractivity contribution in [3.8, 4) is 5.75 Å². The van der Waals surface area contributed by atoms with E-state index in [1.54, 1.807) is 6.20 Å². The van der Waals surface area contributed by atoms with E-state index < -0.39 is 0 Å². The first-order chi connectivity index (χ1) is 6.79. The molecule has 0 saturated carbocycles. The summed E-state index contributed by atoms with van der Waals surface area (Å²) in [5, 5.41) is 1.68. The Morgan fingerprint density at radius 1 is 1.36 bits per heavy atom. The minimum Gasteiger partial charge on any atom is -0.494 e. The van der Waals surface area contributed by atoms with Gasteiger partial charge in [0, 0.05) is 17.6 Å². The summed E-state index contributed by atoms with van der Waals surface area (Å²) in [7, 11) is 0. The molecule has 1 aromatic heterocycles. The number of pyridine rings is 1. The molecular formula is C11H10ClNO. The highest BCUT2D eigenvalue weighted by Crippen LogP contribution is 2.21. The highest BCUT2D eigenvalue weighted by molar-refractivity contribution is 6.31. The van der Waals surface area contributed by atoms with E-state index >= 15 is 0 Å². The summed E-state index contributed by atoms with van der Waals surface area (Å²) >= 11 is 5.83. The fourth-order valence-electron chi connectivity index (χ4n) is 1.33. The minimum atomic E-state index is 0.654. The molecule has 0 saturated heterocycles. The van der Waals surface area contributed by atoms with E-state index in [4.69, 9.17) is 16.3 Å². The van der Waals surface area contributed by atoms with Gasteiger partial charge in [0.1, 0.15) is 5.75 Å². The lowest BCUT2D eigenvalue weighted by atomic mass is 10.2. The Hall–Kier alpha value is -1.28. The number of benzene rings is 1. The number of ether oxygens (including phenoxy) is 1. The molecule has 14 heavy (non-hydrogen) atoms. The molecule has 0 bridgehead atoms. The highest BCUT2D eigenvalue weighted by Gasteiger charge is 1.98. The van der Waals surface area contributed by atoms with Crippen LogP contribution in [0.1, 0.15) is 6.92 Å². The summed E-state index contributed by atoms with van der Waals surface area (Å²) in [6.07, 6.45) is 1.64. The molecular weight excluding hydrogens is 198 g/mol. The third-order valence-electron chi connectivity index (χ3n) is 1.93. The van der Waals surface area contributed by atoms with Crippen LogP contribution >= 0.6 is 11.6 Å². The summed E-state index contributed by atoms with van der Waals surface area (Å²) in [6, 6.07) is 7.68. The van der Waals surface area contributed by atoms with Gasteiger partial charge >= 0.3 is 0 Å². The van der Waals surface area contributed by atoms with Gasteiger partial charge in [-0.15, -0.1) is 0 Å². The Balaban J connectivity index is 2.50. The molecule has 2 nitrogen and oxygen atoms in total. The Kier molecular flexibility index (Phi) is 2.55. The molecule has 1 heterocycles. The Morgan fingerprint density at radius 3 is 3.00 bits per heavy atom. The topological polar surface area (TPSA) is 22.1 Å². The lowest BCUT2D eigenvalue weighted by Gasteiger charge is -2.03. The van der Waals surface area contributed by atoms with Gasteiger partial charge in [-0.25, -0.2) is 0 Å². The van der Waals surface area contributed by atoms with Crippen LogP contribution in [0, 0.1) is 0 Å². The van der Waals surface area contributed by atoms with E-state index in [-0.39, 0.29) is 0 Å². The molecule has 0 aliphatic rings. The fourth-order valence-corrected chi connectivity index (χ4v) is 1.50. The van der Waals surface area contributed by atoms with Crippen molar-refractivity contribution in [1.82, 2.24) is 4.98 Å². The normalized spacial score (nSPS) is 10.4. The molecule has 0 amide bonds. The van der Waals surface area contributed by atoms with E-state index in [1.165, 1.54) is 0 Å². The molecule has 72 valence electrons. The van der Waals surface area contributed by atoms with Gasteiger partial charge < -0.3 is 4.74 Å². The second-order valence-corrected chi connectivity index (χ2v) is 3.38. The fraction of sp³-hybridized carbons (Fsp3) is 0.182. The van der Waals surface area contributed by atoms with Crippen LogP contribution in [-0.2, 0) is 0 Å². The van der Waals surface area contributed by atoms with Gasteiger partial charge in [0.2, 0.25) is 0 Å². The summed E-state index contributed by atoms with van der Waals surface area (Å²) in [6.45, 7) is 2.62. The average Bonchev–Trinajstić information content (AvgIpc) is 2.19. The van der Waals surface area contributed by atoms with E-state index in [1.807, 2.05) is 31.2 Å². The third kappa shape index (κ3) is 1.80. The number of nitrogens with zero attached hydrogens (tertiary/aromatic N) is 1. The van der Waals surface area contributed by atoms with Gasteiger partial charge in [-0.05, 0) is 25.1 Å². The number of rotatable bonds is 2. The van der Waals surface area contributed by atoms with E-state index in [9.17, 15) is 0 Å². The maximum Gasteiger partial charge on any atom is 0.121 e. The standard InChI is InChI=1S/C11H10ClNO/c1-2-14-10-4-3-8-5-9(12)7-13-11(8)6-10/h3-7H,2H2,1H3. The summed E-state index contributed by atoms with van der Waals surface area (Å²) in [5.74, 6) is 0.842. The van der Waals surface area contributed by atoms with Crippen molar-refractivity contribution in [3.63, 3.8) is 0 Å². The predicted octanol–water partition coefficient (Wildman–Crippen LogP) is 3.29. The lowest BCUT2D eigenvalue weighted by molar-refractivity contribution is 0.340. The van der Waals surface area contributed by atoms with Gasteiger partial charge in [0.25, 0.3) is 0 Å². The number of hydrogen-bond donors (Lipinski definition) is 0. The molecule has 0 N–H and O–H groups in total. The lowest BCUT2D eigenvalue weighted by Crippen LogP contribution is -1.91. The molecule has 0 aliphatic heterocycles. The molecule has 0 fully saturated rings. The van der Waals surface area contributed by atoms with Crippen molar-refractivity contribution in [1.29, 1.82) is 0 Å². The molecule has 0 radical (unpaired) electrons. The molecule has 0 spiro atoms.